The Morgan fingerprint density at radius 2 is 1.67 bits per heavy atom. The van der Waals surface area contributed by atoms with E-state index >= 15 is 0 Å². The van der Waals surface area contributed by atoms with Gasteiger partial charge in [-0.05, 0) is 37.6 Å². The molecule has 0 aliphatic carbocycles. The molecule has 0 unspecified atom stereocenters. The first-order valence-electron chi connectivity index (χ1n) is 7.22. The molecule has 0 saturated carbocycles. The minimum Gasteiger partial charge on any atom is -0.455 e. The largest absolute Gasteiger partial charge is 0.455 e. The number of halogens is 1. The molecule has 112 valence electrons. The molecule has 0 spiro atoms. The second kappa shape index (κ2) is 6.97. The van der Waals surface area contributed by atoms with Crippen LogP contribution >= 0.6 is 11.6 Å². The van der Waals surface area contributed by atoms with E-state index in [1.807, 2.05) is 31.2 Å². The third-order valence-electron chi connectivity index (χ3n) is 3.22. The van der Waals surface area contributed by atoms with E-state index in [0.717, 1.165) is 23.4 Å². The van der Waals surface area contributed by atoms with Gasteiger partial charge in [0.1, 0.15) is 11.5 Å². The van der Waals surface area contributed by atoms with Gasteiger partial charge in [0.15, 0.2) is 0 Å². The van der Waals surface area contributed by atoms with Crippen molar-refractivity contribution in [2.45, 2.75) is 40.3 Å². The highest BCUT2D eigenvalue weighted by atomic mass is 35.5. The highest BCUT2D eigenvalue weighted by Crippen LogP contribution is 2.32. The summed E-state index contributed by atoms with van der Waals surface area (Å²) in [4.78, 5) is 0. The highest BCUT2D eigenvalue weighted by molar-refractivity contribution is 6.32. The second-order valence-electron chi connectivity index (χ2n) is 5.68. The van der Waals surface area contributed by atoms with E-state index in [0.29, 0.717) is 16.8 Å². The fourth-order valence-corrected chi connectivity index (χ4v) is 2.22. The number of nitrogens with one attached hydrogen (secondary N) is 1. The standard InChI is InChI=1S/C18H22ClNO/c1-12(2)20-11-15-9-13(3)6-8-17(15)21-18-10-14(4)5-7-16(18)19/h5-10,12,20H,11H2,1-4H3. The molecule has 0 aliphatic heterocycles. The maximum Gasteiger partial charge on any atom is 0.146 e. The summed E-state index contributed by atoms with van der Waals surface area (Å²) in [7, 11) is 0. The quantitative estimate of drug-likeness (QED) is 0.815. The SMILES string of the molecule is Cc1ccc(Oc2cc(C)ccc2Cl)c(CNC(C)C)c1. The summed E-state index contributed by atoms with van der Waals surface area (Å²) >= 11 is 6.22. The van der Waals surface area contributed by atoms with Crippen molar-refractivity contribution >= 4 is 11.6 Å². The van der Waals surface area contributed by atoms with E-state index in [1.165, 1.54) is 5.56 Å². The zero-order valence-electron chi connectivity index (χ0n) is 13.0. The van der Waals surface area contributed by atoms with Gasteiger partial charge in [0.05, 0.1) is 5.02 Å². The second-order valence-corrected chi connectivity index (χ2v) is 6.09. The van der Waals surface area contributed by atoms with Crippen molar-refractivity contribution in [1.29, 1.82) is 0 Å². The molecular weight excluding hydrogens is 282 g/mol. The fourth-order valence-electron chi connectivity index (χ4n) is 2.07. The molecule has 0 fully saturated rings. The first-order valence-corrected chi connectivity index (χ1v) is 7.60. The van der Waals surface area contributed by atoms with Gasteiger partial charge in [-0.3, -0.25) is 0 Å². The van der Waals surface area contributed by atoms with E-state index in [2.05, 4.69) is 38.2 Å². The maximum absolute atomic E-state index is 6.22. The van der Waals surface area contributed by atoms with Gasteiger partial charge in [-0.1, -0.05) is 49.2 Å². The monoisotopic (exact) mass is 303 g/mol. The minimum absolute atomic E-state index is 0.431. The molecule has 2 rings (SSSR count). The van der Waals surface area contributed by atoms with Crippen LogP contribution in [0.15, 0.2) is 36.4 Å². The van der Waals surface area contributed by atoms with Crippen LogP contribution in [0.4, 0.5) is 0 Å². The highest BCUT2D eigenvalue weighted by Gasteiger charge is 2.09. The van der Waals surface area contributed by atoms with Gasteiger partial charge in [0.2, 0.25) is 0 Å². The Balaban J connectivity index is 2.28. The molecule has 0 saturated heterocycles. The molecule has 0 heterocycles. The fraction of sp³-hybridized carbons (Fsp3) is 0.333. The van der Waals surface area contributed by atoms with Crippen LogP contribution in [0.2, 0.25) is 5.02 Å². The summed E-state index contributed by atoms with van der Waals surface area (Å²) in [6.07, 6.45) is 0. The predicted molar refractivity (Wildman–Crippen MR) is 89.4 cm³/mol. The van der Waals surface area contributed by atoms with Crippen molar-refractivity contribution in [1.82, 2.24) is 5.32 Å². The van der Waals surface area contributed by atoms with Crippen molar-refractivity contribution in [3.05, 3.63) is 58.1 Å². The lowest BCUT2D eigenvalue weighted by Crippen LogP contribution is -2.22. The number of hydrogen-bond acceptors (Lipinski definition) is 2. The number of aryl methyl sites for hydroxylation is 2. The van der Waals surface area contributed by atoms with Gasteiger partial charge in [-0.25, -0.2) is 0 Å². The molecule has 0 bridgehead atoms. The summed E-state index contributed by atoms with van der Waals surface area (Å²) in [5.74, 6) is 1.55. The third kappa shape index (κ3) is 4.48. The molecule has 0 aromatic heterocycles. The molecule has 2 aromatic rings. The van der Waals surface area contributed by atoms with Gasteiger partial charge in [0, 0.05) is 18.2 Å². The Hall–Kier alpha value is -1.51. The molecule has 2 aromatic carbocycles. The molecule has 2 nitrogen and oxygen atoms in total. The summed E-state index contributed by atoms with van der Waals surface area (Å²) in [6, 6.07) is 12.4. The van der Waals surface area contributed by atoms with Gasteiger partial charge >= 0.3 is 0 Å². The van der Waals surface area contributed by atoms with Crippen LogP contribution in [0.5, 0.6) is 11.5 Å². The zero-order chi connectivity index (χ0) is 15.4. The van der Waals surface area contributed by atoms with Crippen molar-refractivity contribution in [2.75, 3.05) is 0 Å². The van der Waals surface area contributed by atoms with Crippen molar-refractivity contribution in [3.8, 4) is 11.5 Å². The Morgan fingerprint density at radius 3 is 2.38 bits per heavy atom. The summed E-state index contributed by atoms with van der Waals surface area (Å²) in [5, 5.41) is 4.06. The molecule has 0 radical (unpaired) electrons. The Labute approximate surface area is 132 Å². The Morgan fingerprint density at radius 1 is 1.00 bits per heavy atom. The van der Waals surface area contributed by atoms with E-state index in [4.69, 9.17) is 16.3 Å². The zero-order valence-corrected chi connectivity index (χ0v) is 13.8. The van der Waals surface area contributed by atoms with Crippen molar-refractivity contribution in [3.63, 3.8) is 0 Å². The number of ether oxygens (including phenoxy) is 1. The van der Waals surface area contributed by atoms with Gasteiger partial charge in [0.25, 0.3) is 0 Å². The lowest BCUT2D eigenvalue weighted by atomic mass is 10.1. The van der Waals surface area contributed by atoms with Gasteiger partial charge in [-0.15, -0.1) is 0 Å². The van der Waals surface area contributed by atoms with E-state index in [-0.39, 0.29) is 0 Å². The molecular formula is C18H22ClNO. The Bertz CT molecular complexity index is 623. The molecule has 0 aliphatic rings. The normalized spacial score (nSPS) is 11.0. The maximum atomic E-state index is 6.22. The number of rotatable bonds is 5. The third-order valence-corrected chi connectivity index (χ3v) is 3.54. The Kier molecular flexibility index (Phi) is 5.27. The topological polar surface area (TPSA) is 21.3 Å². The number of hydrogen-bond donors (Lipinski definition) is 1. The van der Waals surface area contributed by atoms with E-state index < -0.39 is 0 Å². The van der Waals surface area contributed by atoms with Crippen LogP contribution in [-0.2, 0) is 6.54 Å². The smallest absolute Gasteiger partial charge is 0.146 e. The first-order chi connectivity index (χ1) is 9.95. The van der Waals surface area contributed by atoms with Crippen LogP contribution in [-0.4, -0.2) is 6.04 Å². The molecule has 21 heavy (non-hydrogen) atoms. The molecule has 1 N–H and O–H groups in total. The van der Waals surface area contributed by atoms with E-state index in [9.17, 15) is 0 Å². The summed E-state index contributed by atoms with van der Waals surface area (Å²) in [5.41, 5.74) is 3.49. The first kappa shape index (κ1) is 15.9. The average molecular weight is 304 g/mol. The summed E-state index contributed by atoms with van der Waals surface area (Å²) in [6.45, 7) is 9.15. The van der Waals surface area contributed by atoms with Crippen molar-refractivity contribution in [2.24, 2.45) is 0 Å². The van der Waals surface area contributed by atoms with Crippen LogP contribution in [0.25, 0.3) is 0 Å². The van der Waals surface area contributed by atoms with Gasteiger partial charge < -0.3 is 10.1 Å². The van der Waals surface area contributed by atoms with Gasteiger partial charge in [-0.2, -0.15) is 0 Å². The van der Waals surface area contributed by atoms with Crippen LogP contribution < -0.4 is 10.1 Å². The number of benzene rings is 2. The average Bonchev–Trinajstić information content (AvgIpc) is 2.43. The van der Waals surface area contributed by atoms with Crippen LogP contribution in [0.3, 0.4) is 0 Å². The predicted octanol–water partition coefficient (Wildman–Crippen LogP) is 5.25. The van der Waals surface area contributed by atoms with E-state index in [1.54, 1.807) is 0 Å². The summed E-state index contributed by atoms with van der Waals surface area (Å²) < 4.78 is 6.04. The van der Waals surface area contributed by atoms with Crippen LogP contribution in [0.1, 0.15) is 30.5 Å². The van der Waals surface area contributed by atoms with Crippen molar-refractivity contribution < 1.29 is 4.74 Å². The lowest BCUT2D eigenvalue weighted by molar-refractivity contribution is 0.469. The molecule has 0 amide bonds. The lowest BCUT2D eigenvalue weighted by Gasteiger charge is -2.15. The molecule has 3 heteroatoms. The minimum atomic E-state index is 0.431. The van der Waals surface area contributed by atoms with Crippen LogP contribution in [0, 0.1) is 13.8 Å². The molecule has 0 atom stereocenters.